The first-order chi connectivity index (χ1) is 9.10. The monoisotopic (exact) mass is 267 g/mol. The molecule has 1 aromatic rings. The van der Waals surface area contributed by atoms with Crippen molar-refractivity contribution in [2.24, 2.45) is 0 Å². The van der Waals surface area contributed by atoms with Crippen LogP contribution in [0.15, 0.2) is 18.2 Å². The Morgan fingerprint density at radius 1 is 1.26 bits per heavy atom. The van der Waals surface area contributed by atoms with Gasteiger partial charge in [0, 0.05) is 0 Å². The fourth-order valence-corrected chi connectivity index (χ4v) is 1.42. The van der Waals surface area contributed by atoms with Crippen LogP contribution >= 0.6 is 0 Å². The molecule has 0 spiro atoms. The van der Waals surface area contributed by atoms with Crippen molar-refractivity contribution in [2.75, 3.05) is 13.2 Å². The lowest BCUT2D eigenvalue weighted by Crippen LogP contribution is -2.09. The van der Waals surface area contributed by atoms with Gasteiger partial charge >= 0.3 is 5.97 Å². The van der Waals surface area contributed by atoms with Crippen LogP contribution in [-0.4, -0.2) is 24.1 Å². The number of nitrogens with zero attached hydrogens (tertiary/aromatic N) is 1. The molecule has 0 N–H and O–H groups in total. The van der Waals surface area contributed by atoms with Crippen molar-refractivity contribution < 1.29 is 19.2 Å². The second kappa shape index (κ2) is 7.35. The molecule has 19 heavy (non-hydrogen) atoms. The highest BCUT2D eigenvalue weighted by atomic mass is 16.6. The minimum atomic E-state index is -0.685. The van der Waals surface area contributed by atoms with Gasteiger partial charge in [-0.1, -0.05) is 13.8 Å². The molecule has 104 valence electrons. The van der Waals surface area contributed by atoms with E-state index in [-0.39, 0.29) is 17.9 Å². The number of benzene rings is 1. The van der Waals surface area contributed by atoms with E-state index in [2.05, 4.69) is 0 Å². The summed E-state index contributed by atoms with van der Waals surface area (Å²) < 4.78 is 10.2. The summed E-state index contributed by atoms with van der Waals surface area (Å²) >= 11 is 0. The van der Waals surface area contributed by atoms with Gasteiger partial charge in [0.1, 0.15) is 11.3 Å². The van der Waals surface area contributed by atoms with Crippen LogP contribution in [-0.2, 0) is 4.74 Å². The Labute approximate surface area is 111 Å². The predicted octanol–water partition coefficient (Wildman–Crippen LogP) is 2.95. The average molecular weight is 267 g/mol. The van der Waals surface area contributed by atoms with Gasteiger partial charge in [0.15, 0.2) is 0 Å². The lowest BCUT2D eigenvalue weighted by Gasteiger charge is -2.07. The lowest BCUT2D eigenvalue weighted by atomic mass is 10.1. The Bertz CT molecular complexity index is 458. The van der Waals surface area contributed by atoms with Crippen molar-refractivity contribution in [2.45, 2.75) is 26.7 Å². The van der Waals surface area contributed by atoms with E-state index >= 15 is 0 Å². The number of hydrogen-bond acceptors (Lipinski definition) is 5. The Hall–Kier alpha value is -2.11. The quantitative estimate of drug-likeness (QED) is 0.431. The molecule has 0 fully saturated rings. The summed E-state index contributed by atoms with van der Waals surface area (Å²) in [6.07, 6.45) is 1.46. The van der Waals surface area contributed by atoms with Crippen LogP contribution in [0.4, 0.5) is 5.69 Å². The maximum atomic E-state index is 11.7. The maximum Gasteiger partial charge on any atom is 0.345 e. The Balaban J connectivity index is 2.97. The topological polar surface area (TPSA) is 78.7 Å². The zero-order valence-electron chi connectivity index (χ0n) is 11.0. The molecule has 0 bridgehead atoms. The number of hydrogen-bond donors (Lipinski definition) is 0. The Morgan fingerprint density at radius 3 is 2.53 bits per heavy atom. The smallest absolute Gasteiger partial charge is 0.345 e. The lowest BCUT2D eigenvalue weighted by molar-refractivity contribution is -0.385. The van der Waals surface area contributed by atoms with Crippen molar-refractivity contribution >= 4 is 11.7 Å². The van der Waals surface area contributed by atoms with Crippen LogP contribution in [0, 0.1) is 10.1 Å². The van der Waals surface area contributed by atoms with Gasteiger partial charge in [-0.2, -0.15) is 0 Å². The van der Waals surface area contributed by atoms with Gasteiger partial charge in [-0.25, -0.2) is 4.79 Å². The summed E-state index contributed by atoms with van der Waals surface area (Å²) in [6.45, 7) is 4.50. The largest absolute Gasteiger partial charge is 0.493 e. The molecule has 0 aliphatic rings. The first-order valence-electron chi connectivity index (χ1n) is 6.18. The summed E-state index contributed by atoms with van der Waals surface area (Å²) in [6, 6.07) is 4.14. The zero-order chi connectivity index (χ0) is 14.3. The number of nitro benzene ring substituents is 1. The number of rotatable bonds is 7. The fraction of sp³-hybridized carbons (Fsp3) is 0.462. The van der Waals surface area contributed by atoms with Crippen LogP contribution in [0.5, 0.6) is 5.75 Å². The highest BCUT2D eigenvalue weighted by molar-refractivity contribution is 5.94. The summed E-state index contributed by atoms with van der Waals surface area (Å²) in [5.74, 6) is -0.309. The second-order valence-corrected chi connectivity index (χ2v) is 3.92. The Kier molecular flexibility index (Phi) is 5.78. The summed E-state index contributed by atoms with van der Waals surface area (Å²) in [7, 11) is 0. The highest BCUT2D eigenvalue weighted by Gasteiger charge is 2.22. The van der Waals surface area contributed by atoms with Gasteiger partial charge in [0.05, 0.1) is 24.2 Å². The summed E-state index contributed by atoms with van der Waals surface area (Å²) in [4.78, 5) is 22.0. The molecule has 0 saturated carbocycles. The van der Waals surface area contributed by atoms with Crippen molar-refractivity contribution in [1.29, 1.82) is 0 Å². The molecule has 0 atom stereocenters. The van der Waals surface area contributed by atoms with E-state index in [1.165, 1.54) is 18.2 Å². The number of carbonyl (C=O) groups excluding carboxylic acids is 1. The normalized spacial score (nSPS) is 10.0. The van der Waals surface area contributed by atoms with Crippen LogP contribution in [0.3, 0.4) is 0 Å². The molecule has 6 nitrogen and oxygen atoms in total. The third kappa shape index (κ3) is 4.24. The molecule has 0 amide bonds. The zero-order valence-corrected chi connectivity index (χ0v) is 11.0. The first kappa shape index (κ1) is 14.9. The van der Waals surface area contributed by atoms with Gasteiger partial charge in [0.2, 0.25) is 0 Å². The molecule has 6 heteroatoms. The second-order valence-electron chi connectivity index (χ2n) is 3.92. The van der Waals surface area contributed by atoms with Crippen molar-refractivity contribution in [3.05, 3.63) is 33.9 Å². The molecule has 0 radical (unpaired) electrons. The van der Waals surface area contributed by atoms with Gasteiger partial charge in [-0.3, -0.25) is 10.1 Å². The molecule has 0 aromatic heterocycles. The molecular weight excluding hydrogens is 250 g/mol. The number of nitro groups is 1. The van der Waals surface area contributed by atoms with E-state index in [1.807, 2.05) is 13.8 Å². The minimum absolute atomic E-state index is 0.0534. The SMILES string of the molecule is CCCOC(=O)c1ccc(OCCC)cc1[N+](=O)[O-]. The fourth-order valence-electron chi connectivity index (χ4n) is 1.42. The van der Waals surface area contributed by atoms with Crippen LogP contribution in [0.25, 0.3) is 0 Å². The molecule has 1 aromatic carbocycles. The standard InChI is InChI=1S/C13H17NO5/c1-3-7-18-10-5-6-11(12(9-10)14(16)17)13(15)19-8-4-2/h5-6,9H,3-4,7-8H2,1-2H3. The van der Waals surface area contributed by atoms with E-state index in [9.17, 15) is 14.9 Å². The molecule has 0 aliphatic carbocycles. The predicted molar refractivity (Wildman–Crippen MR) is 69.5 cm³/mol. The molecule has 1 rings (SSSR count). The number of carbonyl (C=O) groups is 1. The first-order valence-corrected chi connectivity index (χ1v) is 6.18. The van der Waals surface area contributed by atoms with Crippen molar-refractivity contribution in [3.8, 4) is 5.75 Å². The molecule has 0 aliphatic heterocycles. The molecular formula is C13H17NO5. The van der Waals surface area contributed by atoms with E-state index in [4.69, 9.17) is 9.47 Å². The summed E-state index contributed by atoms with van der Waals surface area (Å²) in [5, 5.41) is 11.0. The molecule has 0 saturated heterocycles. The van der Waals surface area contributed by atoms with Crippen molar-refractivity contribution in [3.63, 3.8) is 0 Å². The van der Waals surface area contributed by atoms with Crippen LogP contribution < -0.4 is 4.74 Å². The highest BCUT2D eigenvalue weighted by Crippen LogP contribution is 2.25. The molecule has 0 heterocycles. The van der Waals surface area contributed by atoms with E-state index in [0.717, 1.165) is 6.42 Å². The van der Waals surface area contributed by atoms with E-state index < -0.39 is 10.9 Å². The van der Waals surface area contributed by atoms with Gasteiger partial charge in [-0.05, 0) is 25.0 Å². The Morgan fingerprint density at radius 2 is 1.95 bits per heavy atom. The van der Waals surface area contributed by atoms with Crippen LogP contribution in [0.1, 0.15) is 37.0 Å². The maximum absolute atomic E-state index is 11.7. The third-order valence-electron chi connectivity index (χ3n) is 2.30. The van der Waals surface area contributed by atoms with Crippen molar-refractivity contribution in [1.82, 2.24) is 0 Å². The average Bonchev–Trinajstić information content (AvgIpc) is 2.42. The number of esters is 1. The van der Waals surface area contributed by atoms with E-state index in [1.54, 1.807) is 0 Å². The van der Waals surface area contributed by atoms with Gasteiger partial charge in [-0.15, -0.1) is 0 Å². The minimum Gasteiger partial charge on any atom is -0.493 e. The third-order valence-corrected chi connectivity index (χ3v) is 2.30. The number of ether oxygens (including phenoxy) is 2. The summed E-state index contributed by atoms with van der Waals surface area (Å²) in [5.41, 5.74) is -0.350. The van der Waals surface area contributed by atoms with Gasteiger partial charge in [0.25, 0.3) is 5.69 Å². The molecule has 0 unspecified atom stereocenters. The van der Waals surface area contributed by atoms with Gasteiger partial charge < -0.3 is 9.47 Å². The van der Waals surface area contributed by atoms with Crippen LogP contribution in [0.2, 0.25) is 0 Å². The van der Waals surface area contributed by atoms with E-state index in [0.29, 0.717) is 18.8 Å².